The maximum Gasteiger partial charge on any atom is 0.318 e. The minimum absolute atomic E-state index is 0.129. The summed E-state index contributed by atoms with van der Waals surface area (Å²) in [5.41, 5.74) is 0.721. The van der Waals surface area contributed by atoms with E-state index in [1.54, 1.807) is 19.1 Å². The number of nitrogens with zero attached hydrogens (tertiary/aromatic N) is 1. The number of amides is 3. The molecule has 1 atom stereocenters. The molecule has 0 bridgehead atoms. The Kier molecular flexibility index (Phi) is 7.75. The van der Waals surface area contributed by atoms with Crippen LogP contribution in [-0.4, -0.2) is 42.3 Å². The fraction of sp³-hybridized carbons (Fsp3) is 0.286. The van der Waals surface area contributed by atoms with E-state index in [0.717, 1.165) is 16.3 Å². The van der Waals surface area contributed by atoms with Gasteiger partial charge in [0, 0.05) is 17.2 Å². The van der Waals surface area contributed by atoms with Gasteiger partial charge in [-0.25, -0.2) is 4.79 Å². The number of aldehydes is 1. The van der Waals surface area contributed by atoms with Crippen molar-refractivity contribution in [1.29, 1.82) is 0 Å². The molecule has 1 unspecified atom stereocenters. The lowest BCUT2D eigenvalue weighted by Gasteiger charge is -2.28. The molecule has 148 valence electrons. The Balaban J connectivity index is 1.87. The minimum Gasteiger partial charge on any atom is -0.326 e. The first kappa shape index (κ1) is 21.6. The van der Waals surface area contributed by atoms with E-state index < -0.39 is 11.6 Å². The maximum absolute atomic E-state index is 12.4. The van der Waals surface area contributed by atoms with Gasteiger partial charge in [0.15, 0.2) is 0 Å². The maximum atomic E-state index is 12.4. The highest BCUT2D eigenvalue weighted by Crippen LogP contribution is 2.15. The zero-order valence-electron chi connectivity index (χ0n) is 15.9. The van der Waals surface area contributed by atoms with Gasteiger partial charge in [-0.2, -0.15) is 0 Å². The van der Waals surface area contributed by atoms with Crippen molar-refractivity contribution < 1.29 is 14.4 Å². The molecule has 0 aromatic heterocycles. The van der Waals surface area contributed by atoms with E-state index in [0.29, 0.717) is 18.5 Å². The SMILES string of the molecule is CN(CC(=O)Nc1ccc(Br)cc1)C(=O)NC(C)(C=O)CCc1ccccc1. The van der Waals surface area contributed by atoms with Crippen LogP contribution in [0.1, 0.15) is 18.9 Å². The molecule has 0 radical (unpaired) electrons. The number of aryl methyl sites for hydroxylation is 1. The Morgan fingerprint density at radius 1 is 1.11 bits per heavy atom. The van der Waals surface area contributed by atoms with Crippen LogP contribution >= 0.6 is 15.9 Å². The largest absolute Gasteiger partial charge is 0.326 e. The molecular weight excluding hydrogens is 422 g/mol. The molecule has 7 heteroatoms. The molecule has 2 aromatic rings. The standard InChI is InChI=1S/C21H24BrN3O3/c1-21(15-26,13-12-16-6-4-3-5-7-16)24-20(28)25(2)14-19(27)23-18-10-8-17(22)9-11-18/h3-11,15H,12-14H2,1-2H3,(H,23,27)(H,24,28). The molecule has 3 amide bonds. The summed E-state index contributed by atoms with van der Waals surface area (Å²) in [6.45, 7) is 1.55. The van der Waals surface area contributed by atoms with Gasteiger partial charge < -0.3 is 20.3 Å². The van der Waals surface area contributed by atoms with E-state index in [9.17, 15) is 14.4 Å². The van der Waals surface area contributed by atoms with Gasteiger partial charge in [-0.3, -0.25) is 4.79 Å². The Bertz CT molecular complexity index is 811. The molecule has 2 aromatic carbocycles. The quantitative estimate of drug-likeness (QED) is 0.608. The molecule has 2 rings (SSSR count). The molecule has 0 heterocycles. The summed E-state index contributed by atoms with van der Waals surface area (Å²) in [7, 11) is 1.51. The molecule has 0 saturated heterocycles. The van der Waals surface area contributed by atoms with Crippen molar-refractivity contribution in [3.8, 4) is 0 Å². The van der Waals surface area contributed by atoms with Gasteiger partial charge in [0.1, 0.15) is 12.8 Å². The van der Waals surface area contributed by atoms with Crippen LogP contribution in [0.3, 0.4) is 0 Å². The Morgan fingerprint density at radius 2 is 1.75 bits per heavy atom. The van der Waals surface area contributed by atoms with Crippen molar-refractivity contribution >= 4 is 39.8 Å². The molecule has 0 aliphatic rings. The van der Waals surface area contributed by atoms with Crippen LogP contribution in [0.25, 0.3) is 0 Å². The highest BCUT2D eigenvalue weighted by Gasteiger charge is 2.27. The molecular formula is C21H24BrN3O3. The van der Waals surface area contributed by atoms with Gasteiger partial charge in [0.05, 0.1) is 5.54 Å². The fourth-order valence-corrected chi connectivity index (χ4v) is 2.82. The van der Waals surface area contributed by atoms with E-state index in [1.807, 2.05) is 42.5 Å². The van der Waals surface area contributed by atoms with Crippen LogP contribution in [0.4, 0.5) is 10.5 Å². The predicted molar refractivity (Wildman–Crippen MR) is 113 cm³/mol. The number of likely N-dealkylation sites (N-methyl/N-ethyl adjacent to an activating group) is 1. The number of rotatable bonds is 8. The number of nitrogens with one attached hydrogen (secondary N) is 2. The summed E-state index contributed by atoms with van der Waals surface area (Å²) in [5.74, 6) is -0.322. The number of carbonyl (C=O) groups excluding carboxylic acids is 3. The van der Waals surface area contributed by atoms with Crippen LogP contribution in [0.2, 0.25) is 0 Å². The summed E-state index contributed by atoms with van der Waals surface area (Å²) in [6.07, 6.45) is 1.86. The average molecular weight is 446 g/mol. The van der Waals surface area contributed by atoms with Crippen LogP contribution in [0.15, 0.2) is 59.1 Å². The number of anilines is 1. The van der Waals surface area contributed by atoms with Gasteiger partial charge in [0.2, 0.25) is 5.91 Å². The number of hydrogen-bond donors (Lipinski definition) is 2. The average Bonchev–Trinajstić information content (AvgIpc) is 2.69. The fourth-order valence-electron chi connectivity index (χ4n) is 2.56. The third-order valence-corrected chi connectivity index (χ3v) is 4.81. The van der Waals surface area contributed by atoms with Gasteiger partial charge >= 0.3 is 6.03 Å². The lowest BCUT2D eigenvalue weighted by atomic mass is 9.95. The second kappa shape index (κ2) is 10.0. The highest BCUT2D eigenvalue weighted by atomic mass is 79.9. The van der Waals surface area contributed by atoms with Crippen molar-refractivity contribution in [3.05, 3.63) is 64.6 Å². The van der Waals surface area contributed by atoms with Crippen LogP contribution in [-0.2, 0) is 16.0 Å². The first-order valence-corrected chi connectivity index (χ1v) is 9.69. The number of benzene rings is 2. The minimum atomic E-state index is -1.01. The number of hydrogen-bond acceptors (Lipinski definition) is 3. The summed E-state index contributed by atoms with van der Waals surface area (Å²) < 4.78 is 0.908. The van der Waals surface area contributed by atoms with Gasteiger partial charge in [-0.15, -0.1) is 0 Å². The van der Waals surface area contributed by atoms with Crippen LogP contribution in [0, 0.1) is 0 Å². The molecule has 0 fully saturated rings. The van der Waals surface area contributed by atoms with Gasteiger partial charge in [0.25, 0.3) is 0 Å². The summed E-state index contributed by atoms with van der Waals surface area (Å²) in [6, 6.07) is 16.4. The second-order valence-electron chi connectivity index (χ2n) is 6.86. The second-order valence-corrected chi connectivity index (χ2v) is 7.78. The molecule has 0 aliphatic heterocycles. The third-order valence-electron chi connectivity index (χ3n) is 4.28. The Labute approximate surface area is 173 Å². The number of halogens is 1. The van der Waals surface area contributed by atoms with Crippen LogP contribution in [0.5, 0.6) is 0 Å². The summed E-state index contributed by atoms with van der Waals surface area (Å²) in [4.78, 5) is 37.4. The van der Waals surface area contributed by atoms with Crippen LogP contribution < -0.4 is 10.6 Å². The Hall–Kier alpha value is -2.67. The van der Waals surface area contributed by atoms with E-state index in [4.69, 9.17) is 0 Å². The highest BCUT2D eigenvalue weighted by molar-refractivity contribution is 9.10. The van der Waals surface area contributed by atoms with E-state index in [1.165, 1.54) is 11.9 Å². The zero-order chi connectivity index (χ0) is 20.6. The zero-order valence-corrected chi connectivity index (χ0v) is 17.5. The summed E-state index contributed by atoms with van der Waals surface area (Å²) >= 11 is 3.33. The van der Waals surface area contributed by atoms with Gasteiger partial charge in [-0.1, -0.05) is 46.3 Å². The van der Waals surface area contributed by atoms with Gasteiger partial charge in [-0.05, 0) is 49.6 Å². The van der Waals surface area contributed by atoms with E-state index in [-0.39, 0.29) is 12.5 Å². The van der Waals surface area contributed by atoms with Crippen molar-refractivity contribution in [2.24, 2.45) is 0 Å². The normalized spacial score (nSPS) is 12.5. The molecule has 2 N–H and O–H groups in total. The molecule has 28 heavy (non-hydrogen) atoms. The van der Waals surface area contributed by atoms with Crippen molar-refractivity contribution in [3.63, 3.8) is 0 Å². The number of urea groups is 1. The monoisotopic (exact) mass is 445 g/mol. The lowest BCUT2D eigenvalue weighted by molar-refractivity contribution is -0.116. The Morgan fingerprint density at radius 3 is 2.36 bits per heavy atom. The third kappa shape index (κ3) is 6.81. The molecule has 0 aliphatic carbocycles. The first-order chi connectivity index (χ1) is 13.3. The molecule has 0 saturated carbocycles. The number of carbonyl (C=O) groups is 3. The molecule has 6 nitrogen and oxygen atoms in total. The lowest BCUT2D eigenvalue weighted by Crippen LogP contribution is -2.53. The van der Waals surface area contributed by atoms with Crippen molar-refractivity contribution in [1.82, 2.24) is 10.2 Å². The van der Waals surface area contributed by atoms with E-state index in [2.05, 4.69) is 26.6 Å². The van der Waals surface area contributed by atoms with Crippen molar-refractivity contribution in [2.45, 2.75) is 25.3 Å². The topological polar surface area (TPSA) is 78.5 Å². The first-order valence-electron chi connectivity index (χ1n) is 8.90. The van der Waals surface area contributed by atoms with Crippen molar-refractivity contribution in [2.75, 3.05) is 18.9 Å². The predicted octanol–water partition coefficient (Wildman–Crippen LogP) is 3.62. The van der Waals surface area contributed by atoms with E-state index >= 15 is 0 Å². The summed E-state index contributed by atoms with van der Waals surface area (Å²) in [5, 5.41) is 5.45. The smallest absolute Gasteiger partial charge is 0.318 e. The molecule has 0 spiro atoms.